The Balaban J connectivity index is 1.40. The molecule has 2 aromatic rings. The number of anilines is 1. The molecule has 2 saturated heterocycles. The number of nitrogens with one attached hydrogen (secondary N) is 2. The molecule has 1 aromatic heterocycles. The van der Waals surface area contributed by atoms with E-state index in [1.165, 1.54) is 0 Å². The van der Waals surface area contributed by atoms with E-state index in [-0.39, 0.29) is 12.0 Å². The molecule has 2 aliphatic heterocycles. The van der Waals surface area contributed by atoms with Crippen molar-refractivity contribution in [3.8, 4) is 0 Å². The Hall–Kier alpha value is -2.31. The molecule has 23 heavy (non-hydrogen) atoms. The Labute approximate surface area is 134 Å². The molecular formula is C17H18N4O2. The number of fused-ring (bicyclic) bond motifs is 1. The molecule has 0 spiro atoms. The standard InChI is InChI=1S/C17H18N4O2/c1-2-14-18-7-11(8-19-14)17(22)21-12-5-3-10(4-6-12)16-15-13(23-16)9-20-15/h3-8,13,15-16,20H,2,9H2,1H3,(H,21,22)/t13?,15-,16+/m1/s1. The highest BCUT2D eigenvalue weighted by Gasteiger charge is 2.49. The summed E-state index contributed by atoms with van der Waals surface area (Å²) < 4.78 is 5.77. The number of hydrogen-bond acceptors (Lipinski definition) is 5. The molecule has 6 nitrogen and oxygen atoms in total. The third-order valence-corrected chi connectivity index (χ3v) is 4.38. The van der Waals surface area contributed by atoms with Crippen molar-refractivity contribution >= 4 is 11.6 Å². The highest BCUT2D eigenvalue weighted by molar-refractivity contribution is 6.03. The second kappa shape index (κ2) is 5.72. The first-order valence-electron chi connectivity index (χ1n) is 7.85. The van der Waals surface area contributed by atoms with Crippen LogP contribution in [0.4, 0.5) is 5.69 Å². The van der Waals surface area contributed by atoms with E-state index >= 15 is 0 Å². The van der Waals surface area contributed by atoms with Crippen molar-refractivity contribution in [2.75, 3.05) is 11.9 Å². The lowest BCUT2D eigenvalue weighted by molar-refractivity contribution is -0.203. The van der Waals surface area contributed by atoms with Crippen LogP contribution in [0.1, 0.15) is 34.8 Å². The summed E-state index contributed by atoms with van der Waals surface area (Å²) in [6, 6.07) is 8.22. The Morgan fingerprint density at radius 3 is 2.57 bits per heavy atom. The summed E-state index contributed by atoms with van der Waals surface area (Å²) in [5.74, 6) is 0.523. The van der Waals surface area contributed by atoms with Gasteiger partial charge in [-0.25, -0.2) is 9.97 Å². The second-order valence-corrected chi connectivity index (χ2v) is 5.85. The number of carbonyl (C=O) groups excluding carboxylic acids is 1. The van der Waals surface area contributed by atoms with Crippen molar-refractivity contribution in [3.05, 3.63) is 53.6 Å². The maximum atomic E-state index is 12.2. The number of aryl methyl sites for hydroxylation is 1. The van der Waals surface area contributed by atoms with Crippen LogP contribution in [0, 0.1) is 0 Å². The zero-order chi connectivity index (χ0) is 15.8. The molecule has 1 aromatic carbocycles. The van der Waals surface area contributed by atoms with Gasteiger partial charge in [0.25, 0.3) is 5.91 Å². The summed E-state index contributed by atoms with van der Waals surface area (Å²) >= 11 is 0. The van der Waals surface area contributed by atoms with Crippen LogP contribution in [-0.4, -0.2) is 34.6 Å². The summed E-state index contributed by atoms with van der Waals surface area (Å²) in [5, 5.41) is 6.22. The maximum absolute atomic E-state index is 12.2. The lowest BCUT2D eigenvalue weighted by Gasteiger charge is -2.53. The zero-order valence-electron chi connectivity index (χ0n) is 12.8. The minimum absolute atomic E-state index is 0.133. The van der Waals surface area contributed by atoms with Gasteiger partial charge in [-0.3, -0.25) is 4.79 Å². The van der Waals surface area contributed by atoms with E-state index in [0.717, 1.165) is 30.0 Å². The van der Waals surface area contributed by atoms with Gasteiger partial charge in [0, 0.05) is 31.0 Å². The van der Waals surface area contributed by atoms with Crippen molar-refractivity contribution < 1.29 is 9.53 Å². The van der Waals surface area contributed by atoms with Gasteiger partial charge in [-0.05, 0) is 17.7 Å². The lowest BCUT2D eigenvalue weighted by atomic mass is 9.86. The van der Waals surface area contributed by atoms with E-state index in [9.17, 15) is 4.79 Å². The van der Waals surface area contributed by atoms with Gasteiger partial charge in [0.05, 0.1) is 17.7 Å². The van der Waals surface area contributed by atoms with Crippen LogP contribution in [0.5, 0.6) is 0 Å². The van der Waals surface area contributed by atoms with Gasteiger partial charge in [0.1, 0.15) is 11.9 Å². The zero-order valence-corrected chi connectivity index (χ0v) is 12.8. The van der Waals surface area contributed by atoms with Gasteiger partial charge in [0.15, 0.2) is 0 Å². The van der Waals surface area contributed by atoms with E-state index in [1.54, 1.807) is 12.4 Å². The first-order chi connectivity index (χ1) is 11.2. The summed E-state index contributed by atoms with van der Waals surface area (Å²) in [6.07, 6.45) is 4.38. The number of hydrogen-bond donors (Lipinski definition) is 2. The van der Waals surface area contributed by atoms with Crippen molar-refractivity contribution in [3.63, 3.8) is 0 Å². The first kappa shape index (κ1) is 14.3. The number of aromatic nitrogens is 2. The fourth-order valence-electron chi connectivity index (χ4n) is 2.87. The van der Waals surface area contributed by atoms with Crippen molar-refractivity contribution in [2.24, 2.45) is 0 Å². The molecule has 3 atom stereocenters. The topological polar surface area (TPSA) is 76.1 Å². The molecule has 0 radical (unpaired) electrons. The van der Waals surface area contributed by atoms with E-state index in [2.05, 4.69) is 20.6 Å². The van der Waals surface area contributed by atoms with Crippen LogP contribution in [0.15, 0.2) is 36.7 Å². The van der Waals surface area contributed by atoms with Crippen LogP contribution in [0.25, 0.3) is 0 Å². The number of benzene rings is 1. The number of amides is 1. The van der Waals surface area contributed by atoms with Crippen LogP contribution >= 0.6 is 0 Å². The summed E-state index contributed by atoms with van der Waals surface area (Å²) in [5.41, 5.74) is 2.33. The van der Waals surface area contributed by atoms with E-state index in [0.29, 0.717) is 17.7 Å². The van der Waals surface area contributed by atoms with Gasteiger partial charge in [-0.1, -0.05) is 19.1 Å². The van der Waals surface area contributed by atoms with Crippen LogP contribution in [0.3, 0.4) is 0 Å². The first-order valence-corrected chi connectivity index (χ1v) is 7.85. The summed E-state index contributed by atoms with van der Waals surface area (Å²) in [4.78, 5) is 20.5. The predicted octanol–water partition coefficient (Wildman–Crippen LogP) is 1.70. The average molecular weight is 310 g/mol. The molecule has 1 amide bonds. The SMILES string of the molecule is CCc1ncc(C(=O)Nc2ccc([C@@H]3OC4CN[C@H]43)cc2)cn1. The molecule has 2 aliphatic rings. The molecule has 2 fully saturated rings. The molecule has 1 unspecified atom stereocenters. The minimum Gasteiger partial charge on any atom is -0.365 e. The molecule has 2 N–H and O–H groups in total. The smallest absolute Gasteiger partial charge is 0.258 e. The van der Waals surface area contributed by atoms with Gasteiger partial charge < -0.3 is 15.4 Å². The third kappa shape index (κ3) is 2.60. The fraction of sp³-hybridized carbons (Fsp3) is 0.353. The van der Waals surface area contributed by atoms with E-state index in [4.69, 9.17) is 4.74 Å². The molecule has 0 aliphatic carbocycles. The Bertz CT molecular complexity index is 714. The third-order valence-electron chi connectivity index (χ3n) is 4.38. The Morgan fingerprint density at radius 2 is 2.04 bits per heavy atom. The normalized spacial score (nSPS) is 25.0. The Kier molecular flexibility index (Phi) is 3.55. The van der Waals surface area contributed by atoms with Gasteiger partial charge >= 0.3 is 0 Å². The maximum Gasteiger partial charge on any atom is 0.258 e. The number of ether oxygens (including phenoxy) is 1. The molecule has 118 valence electrons. The van der Waals surface area contributed by atoms with Crippen molar-refractivity contribution in [2.45, 2.75) is 31.6 Å². The highest BCUT2D eigenvalue weighted by Crippen LogP contribution is 2.39. The molecule has 6 heteroatoms. The molecule has 0 saturated carbocycles. The minimum atomic E-state index is -0.207. The van der Waals surface area contributed by atoms with Gasteiger partial charge in [-0.2, -0.15) is 0 Å². The quantitative estimate of drug-likeness (QED) is 0.899. The predicted molar refractivity (Wildman–Crippen MR) is 85.2 cm³/mol. The number of carbonyl (C=O) groups is 1. The summed E-state index contributed by atoms with van der Waals surface area (Å²) in [7, 11) is 0. The van der Waals surface area contributed by atoms with Gasteiger partial charge in [0.2, 0.25) is 0 Å². The second-order valence-electron chi connectivity index (χ2n) is 5.85. The number of morpholine rings is 1. The van der Waals surface area contributed by atoms with Gasteiger partial charge in [-0.15, -0.1) is 0 Å². The molecule has 4 rings (SSSR count). The summed E-state index contributed by atoms with van der Waals surface area (Å²) in [6.45, 7) is 2.93. The fourth-order valence-corrected chi connectivity index (χ4v) is 2.87. The van der Waals surface area contributed by atoms with Crippen molar-refractivity contribution in [1.29, 1.82) is 0 Å². The van der Waals surface area contributed by atoms with Crippen LogP contribution in [0.2, 0.25) is 0 Å². The lowest BCUT2D eigenvalue weighted by Crippen LogP contribution is -2.69. The monoisotopic (exact) mass is 310 g/mol. The van der Waals surface area contributed by atoms with E-state index < -0.39 is 0 Å². The Morgan fingerprint density at radius 1 is 1.30 bits per heavy atom. The largest absolute Gasteiger partial charge is 0.365 e. The van der Waals surface area contributed by atoms with Crippen LogP contribution in [-0.2, 0) is 11.2 Å². The average Bonchev–Trinajstić information content (AvgIpc) is 2.58. The molecule has 0 bridgehead atoms. The van der Waals surface area contributed by atoms with E-state index in [1.807, 2.05) is 31.2 Å². The molecule has 3 heterocycles. The highest BCUT2D eigenvalue weighted by atomic mass is 16.5. The number of nitrogens with zero attached hydrogens (tertiary/aromatic N) is 2. The van der Waals surface area contributed by atoms with Crippen molar-refractivity contribution in [1.82, 2.24) is 15.3 Å². The number of rotatable bonds is 4. The molecular weight excluding hydrogens is 292 g/mol. The van der Waals surface area contributed by atoms with Crippen LogP contribution < -0.4 is 10.6 Å².